The summed E-state index contributed by atoms with van der Waals surface area (Å²) >= 11 is 1.59. The predicted octanol–water partition coefficient (Wildman–Crippen LogP) is 4.23. The largest absolute Gasteiger partial charge is 0.360 e. The van der Waals surface area contributed by atoms with Gasteiger partial charge in [-0.25, -0.2) is 0 Å². The van der Waals surface area contributed by atoms with Crippen LogP contribution in [0.3, 0.4) is 0 Å². The minimum Gasteiger partial charge on any atom is -0.360 e. The van der Waals surface area contributed by atoms with Gasteiger partial charge in [0, 0.05) is 39.0 Å². The molecule has 4 nitrogen and oxygen atoms in total. The third kappa shape index (κ3) is 2.32. The molecule has 0 aliphatic carbocycles. The Kier molecular flexibility index (Phi) is 2.97. The number of fused-ring (bicyclic) bond motifs is 1. The fourth-order valence-corrected chi connectivity index (χ4v) is 2.84. The highest BCUT2D eigenvalue weighted by Gasteiger charge is 2.11. The van der Waals surface area contributed by atoms with Crippen molar-refractivity contribution < 1.29 is 4.92 Å². The summed E-state index contributed by atoms with van der Waals surface area (Å²) in [5.41, 5.74) is 1.02. The van der Waals surface area contributed by atoms with Gasteiger partial charge in [-0.3, -0.25) is 10.1 Å². The molecule has 3 aromatic rings. The first-order chi connectivity index (χ1) is 9.24. The number of aromatic nitrogens is 1. The van der Waals surface area contributed by atoms with Gasteiger partial charge in [0.1, 0.15) is 0 Å². The summed E-state index contributed by atoms with van der Waals surface area (Å²) in [7, 11) is 0. The maximum absolute atomic E-state index is 10.8. The molecule has 94 valence electrons. The third-order valence-electron chi connectivity index (χ3n) is 2.81. The molecule has 1 aromatic heterocycles. The Balaban J connectivity index is 2.04. The minimum absolute atomic E-state index is 0.113. The smallest absolute Gasteiger partial charge is 0.270 e. The highest BCUT2D eigenvalue weighted by molar-refractivity contribution is 7.99. The second kappa shape index (κ2) is 4.78. The summed E-state index contributed by atoms with van der Waals surface area (Å²) < 4.78 is 0. The molecule has 0 fully saturated rings. The van der Waals surface area contributed by atoms with Crippen LogP contribution in [0.5, 0.6) is 0 Å². The second-order valence-corrected chi connectivity index (χ2v) is 5.17. The maximum Gasteiger partial charge on any atom is 0.270 e. The monoisotopic (exact) mass is 270 g/mol. The highest BCUT2D eigenvalue weighted by Crippen LogP contribution is 2.34. The lowest BCUT2D eigenvalue weighted by molar-refractivity contribution is -0.384. The molecule has 1 N–H and O–H groups in total. The number of benzene rings is 2. The van der Waals surface area contributed by atoms with Crippen molar-refractivity contribution in [3.63, 3.8) is 0 Å². The second-order valence-electron chi connectivity index (χ2n) is 4.06. The van der Waals surface area contributed by atoms with Crippen LogP contribution in [0.4, 0.5) is 5.69 Å². The van der Waals surface area contributed by atoms with Gasteiger partial charge < -0.3 is 4.98 Å². The van der Waals surface area contributed by atoms with E-state index in [1.807, 2.05) is 36.5 Å². The number of rotatable bonds is 3. The Morgan fingerprint density at radius 1 is 1.11 bits per heavy atom. The van der Waals surface area contributed by atoms with E-state index in [1.54, 1.807) is 23.9 Å². The first-order valence-electron chi connectivity index (χ1n) is 5.72. The summed E-state index contributed by atoms with van der Waals surface area (Å²) in [6.07, 6.45) is 1.88. The summed E-state index contributed by atoms with van der Waals surface area (Å²) in [5.74, 6) is 0. The molecule has 0 aliphatic heterocycles. The average Bonchev–Trinajstić information content (AvgIpc) is 2.82. The number of hydrogen-bond donors (Lipinski definition) is 1. The van der Waals surface area contributed by atoms with Gasteiger partial charge in [0.25, 0.3) is 5.69 Å². The van der Waals surface area contributed by atoms with Crippen molar-refractivity contribution in [3.8, 4) is 0 Å². The molecule has 0 bridgehead atoms. The van der Waals surface area contributed by atoms with Gasteiger partial charge in [-0.1, -0.05) is 30.0 Å². The van der Waals surface area contributed by atoms with Crippen LogP contribution in [0.1, 0.15) is 0 Å². The zero-order chi connectivity index (χ0) is 13.2. The van der Waals surface area contributed by atoms with Crippen LogP contribution in [-0.4, -0.2) is 9.91 Å². The Morgan fingerprint density at radius 3 is 2.63 bits per heavy atom. The standard InChI is InChI=1S/C14H10N2O2S/c17-16(18)10-6-7-13-12(8-10)14(9-15-13)19-11-4-2-1-3-5-11/h1-9,15H. The van der Waals surface area contributed by atoms with E-state index in [-0.39, 0.29) is 10.6 Å². The van der Waals surface area contributed by atoms with Crippen LogP contribution in [0.2, 0.25) is 0 Å². The van der Waals surface area contributed by atoms with Crippen LogP contribution >= 0.6 is 11.8 Å². The molecule has 5 heteroatoms. The Hall–Kier alpha value is -2.27. The van der Waals surface area contributed by atoms with Gasteiger partial charge in [-0.05, 0) is 18.2 Å². The van der Waals surface area contributed by atoms with E-state index < -0.39 is 0 Å². The Morgan fingerprint density at radius 2 is 1.89 bits per heavy atom. The van der Waals surface area contributed by atoms with Crippen LogP contribution in [0, 0.1) is 10.1 Å². The van der Waals surface area contributed by atoms with E-state index in [0.29, 0.717) is 0 Å². The molecule has 0 aliphatic rings. The van der Waals surface area contributed by atoms with Gasteiger partial charge in [0.2, 0.25) is 0 Å². The first kappa shape index (κ1) is 11.8. The van der Waals surface area contributed by atoms with Crippen LogP contribution in [0.25, 0.3) is 10.9 Å². The van der Waals surface area contributed by atoms with Gasteiger partial charge in [0.05, 0.1) is 4.92 Å². The van der Waals surface area contributed by atoms with Crippen LogP contribution < -0.4 is 0 Å². The molecule has 19 heavy (non-hydrogen) atoms. The highest BCUT2D eigenvalue weighted by atomic mass is 32.2. The quantitative estimate of drug-likeness (QED) is 0.572. The summed E-state index contributed by atoms with van der Waals surface area (Å²) in [6.45, 7) is 0. The number of hydrogen-bond acceptors (Lipinski definition) is 3. The molecule has 3 rings (SSSR count). The lowest BCUT2D eigenvalue weighted by Gasteiger charge is -1.99. The predicted molar refractivity (Wildman–Crippen MR) is 75.5 cm³/mol. The van der Waals surface area contributed by atoms with Gasteiger partial charge in [-0.15, -0.1) is 0 Å². The normalized spacial score (nSPS) is 10.7. The van der Waals surface area contributed by atoms with Gasteiger partial charge >= 0.3 is 0 Å². The molecule has 0 atom stereocenters. The number of nitro benzene ring substituents is 1. The molecular formula is C14H10N2O2S. The van der Waals surface area contributed by atoms with E-state index in [2.05, 4.69) is 4.98 Å². The number of nitrogens with zero attached hydrogens (tertiary/aromatic N) is 1. The topological polar surface area (TPSA) is 58.9 Å². The molecule has 0 spiro atoms. The number of H-pyrrole nitrogens is 1. The molecule has 1 heterocycles. The minimum atomic E-state index is -0.372. The third-order valence-corrected chi connectivity index (χ3v) is 3.87. The van der Waals surface area contributed by atoms with Crippen molar-refractivity contribution in [1.82, 2.24) is 4.98 Å². The van der Waals surface area contributed by atoms with E-state index >= 15 is 0 Å². The van der Waals surface area contributed by atoms with Crippen molar-refractivity contribution in [3.05, 3.63) is 64.8 Å². The molecular weight excluding hydrogens is 260 g/mol. The lowest BCUT2D eigenvalue weighted by Crippen LogP contribution is -1.86. The van der Waals surface area contributed by atoms with Crippen LogP contribution in [0.15, 0.2) is 64.5 Å². The SMILES string of the molecule is O=[N+]([O-])c1ccc2[nH]cc(Sc3ccccc3)c2c1. The fraction of sp³-hybridized carbons (Fsp3) is 0. The first-order valence-corrected chi connectivity index (χ1v) is 6.54. The van der Waals surface area contributed by atoms with E-state index in [4.69, 9.17) is 0 Å². The van der Waals surface area contributed by atoms with Crippen molar-refractivity contribution in [2.24, 2.45) is 0 Å². The van der Waals surface area contributed by atoms with Crippen LogP contribution in [-0.2, 0) is 0 Å². The van der Waals surface area contributed by atoms with Gasteiger partial charge in [0.15, 0.2) is 0 Å². The summed E-state index contributed by atoms with van der Waals surface area (Å²) in [4.78, 5) is 15.7. The zero-order valence-corrected chi connectivity index (χ0v) is 10.7. The molecule has 0 unspecified atom stereocenters. The van der Waals surface area contributed by atoms with Crippen molar-refractivity contribution >= 4 is 28.4 Å². The van der Waals surface area contributed by atoms with Gasteiger partial charge in [-0.2, -0.15) is 0 Å². The molecule has 0 saturated heterocycles. The Bertz CT molecular complexity index is 738. The molecule has 0 amide bonds. The van der Waals surface area contributed by atoms with Crippen molar-refractivity contribution in [2.45, 2.75) is 9.79 Å². The molecule has 2 aromatic carbocycles. The number of nitro groups is 1. The lowest BCUT2D eigenvalue weighted by atomic mass is 10.2. The Labute approximate surface area is 113 Å². The average molecular weight is 270 g/mol. The summed E-state index contributed by atoms with van der Waals surface area (Å²) in [5, 5.41) is 11.7. The molecule has 0 saturated carbocycles. The van der Waals surface area contributed by atoms with E-state index in [0.717, 1.165) is 20.7 Å². The molecule has 0 radical (unpaired) electrons. The van der Waals surface area contributed by atoms with Crippen molar-refractivity contribution in [2.75, 3.05) is 0 Å². The van der Waals surface area contributed by atoms with Crippen molar-refractivity contribution in [1.29, 1.82) is 0 Å². The zero-order valence-electron chi connectivity index (χ0n) is 9.87. The van der Waals surface area contributed by atoms with E-state index in [9.17, 15) is 10.1 Å². The van der Waals surface area contributed by atoms with E-state index in [1.165, 1.54) is 6.07 Å². The summed E-state index contributed by atoms with van der Waals surface area (Å²) in [6, 6.07) is 14.8. The number of aromatic amines is 1. The maximum atomic E-state index is 10.8. The number of nitrogens with one attached hydrogen (secondary N) is 1. The fourth-order valence-electron chi connectivity index (χ4n) is 1.90. The number of non-ortho nitro benzene ring substituents is 1.